The van der Waals surface area contributed by atoms with Crippen LogP contribution >= 0.6 is 0 Å². The fourth-order valence-electron chi connectivity index (χ4n) is 5.07. The van der Waals surface area contributed by atoms with Gasteiger partial charge in [-0.1, -0.05) is 37.6 Å². The van der Waals surface area contributed by atoms with E-state index in [0.717, 1.165) is 56.0 Å². The van der Waals surface area contributed by atoms with Crippen LogP contribution in [0.1, 0.15) is 64.6 Å². The summed E-state index contributed by atoms with van der Waals surface area (Å²) < 4.78 is 29.7. The van der Waals surface area contributed by atoms with Gasteiger partial charge in [0.25, 0.3) is 5.91 Å². The lowest BCUT2D eigenvalue weighted by Crippen LogP contribution is -2.49. The van der Waals surface area contributed by atoms with E-state index in [1.807, 2.05) is 23.7 Å². The molecule has 0 spiro atoms. The van der Waals surface area contributed by atoms with E-state index in [9.17, 15) is 18.7 Å². The van der Waals surface area contributed by atoms with Crippen LogP contribution < -0.4 is 10.6 Å². The van der Waals surface area contributed by atoms with E-state index < -0.39 is 23.8 Å². The molecule has 2 atom stereocenters. The Bertz CT molecular complexity index is 1210. The number of nitrogens with one attached hydrogen (secondary N) is 2. The lowest BCUT2D eigenvalue weighted by atomic mass is 9.99. The summed E-state index contributed by atoms with van der Waals surface area (Å²) in [5, 5.41) is 21.9. The zero-order valence-electron chi connectivity index (χ0n) is 21.6. The number of aromatic nitrogens is 2. The van der Waals surface area contributed by atoms with Crippen molar-refractivity contribution in [3.63, 3.8) is 0 Å². The molecule has 0 saturated carbocycles. The van der Waals surface area contributed by atoms with Crippen LogP contribution in [-0.2, 0) is 32.4 Å². The van der Waals surface area contributed by atoms with Gasteiger partial charge >= 0.3 is 0 Å². The van der Waals surface area contributed by atoms with E-state index in [4.69, 9.17) is 0 Å². The summed E-state index contributed by atoms with van der Waals surface area (Å²) in [6, 6.07) is 10.7. The first-order valence-electron chi connectivity index (χ1n) is 13.1. The fourth-order valence-corrected chi connectivity index (χ4v) is 5.07. The Morgan fingerprint density at radius 1 is 1.08 bits per heavy atom. The van der Waals surface area contributed by atoms with Gasteiger partial charge in [-0.05, 0) is 67.9 Å². The predicted octanol–water partition coefficient (Wildman–Crippen LogP) is 4.25. The average molecular weight is 511 g/mol. The fraction of sp³-hybridized carbons (Fsp3) is 0.448. The zero-order valence-corrected chi connectivity index (χ0v) is 21.6. The van der Waals surface area contributed by atoms with Gasteiger partial charge in [-0.15, -0.1) is 0 Å². The molecule has 1 amide bonds. The highest BCUT2D eigenvalue weighted by Gasteiger charge is 2.27. The molecule has 3 aromatic rings. The van der Waals surface area contributed by atoms with Crippen LogP contribution in [0.4, 0.5) is 8.78 Å². The molecule has 198 valence electrons. The van der Waals surface area contributed by atoms with Crippen molar-refractivity contribution in [3.8, 4) is 0 Å². The Morgan fingerprint density at radius 3 is 2.59 bits per heavy atom. The average Bonchev–Trinajstić information content (AvgIpc) is 3.01. The Hall–Kier alpha value is -3.10. The minimum Gasteiger partial charge on any atom is -0.390 e. The Balaban J connectivity index is 1.50. The highest BCUT2D eigenvalue weighted by atomic mass is 19.1. The van der Waals surface area contributed by atoms with Crippen LogP contribution in [-0.4, -0.2) is 39.5 Å². The number of aliphatic hydroxyl groups excluding tert-OH is 1. The number of fused-ring (bicyclic) bond motifs is 1. The number of aliphatic hydroxyl groups is 1. The van der Waals surface area contributed by atoms with E-state index in [-0.39, 0.29) is 18.9 Å². The zero-order chi connectivity index (χ0) is 26.4. The lowest BCUT2D eigenvalue weighted by Gasteiger charge is -2.25. The van der Waals surface area contributed by atoms with Crippen LogP contribution in [0.25, 0.3) is 0 Å². The van der Waals surface area contributed by atoms with Gasteiger partial charge in [0, 0.05) is 25.7 Å². The SMILES string of the molecule is CCc1cccc(CNC[C@H](O)[C@H](Cc2cc(F)cc(F)c2)NC(=O)c2c(C)nn3c2CCCCC3)c1. The minimum absolute atomic E-state index is 0.0805. The van der Waals surface area contributed by atoms with Crippen molar-refractivity contribution >= 4 is 5.91 Å². The lowest BCUT2D eigenvalue weighted by molar-refractivity contribution is 0.0828. The second kappa shape index (κ2) is 12.4. The van der Waals surface area contributed by atoms with Gasteiger partial charge in [-0.2, -0.15) is 5.10 Å². The summed E-state index contributed by atoms with van der Waals surface area (Å²) in [7, 11) is 0. The quantitative estimate of drug-likeness (QED) is 0.381. The van der Waals surface area contributed by atoms with E-state index >= 15 is 0 Å². The number of carbonyl (C=O) groups excluding carboxylic acids is 1. The molecule has 37 heavy (non-hydrogen) atoms. The molecule has 1 aliphatic heterocycles. The molecule has 0 bridgehead atoms. The van der Waals surface area contributed by atoms with E-state index in [1.165, 1.54) is 17.7 Å². The number of amides is 1. The topological polar surface area (TPSA) is 79.2 Å². The molecule has 6 nitrogen and oxygen atoms in total. The van der Waals surface area contributed by atoms with E-state index in [2.05, 4.69) is 34.8 Å². The molecule has 3 N–H and O–H groups in total. The summed E-state index contributed by atoms with van der Waals surface area (Å²) in [6.45, 7) is 5.44. The molecule has 0 saturated heterocycles. The molecule has 0 aliphatic carbocycles. The molecule has 0 fully saturated rings. The molecule has 2 heterocycles. The number of benzene rings is 2. The molecule has 0 radical (unpaired) electrons. The maximum Gasteiger partial charge on any atom is 0.255 e. The summed E-state index contributed by atoms with van der Waals surface area (Å²) in [5.41, 5.74) is 4.78. The molecule has 4 rings (SSSR count). The maximum atomic E-state index is 13.9. The number of aryl methyl sites for hydroxylation is 3. The number of hydrogen-bond acceptors (Lipinski definition) is 4. The third-order valence-corrected chi connectivity index (χ3v) is 6.98. The number of halogens is 2. The predicted molar refractivity (Wildman–Crippen MR) is 139 cm³/mol. The molecule has 2 aromatic carbocycles. The minimum atomic E-state index is -0.987. The number of rotatable bonds is 10. The smallest absolute Gasteiger partial charge is 0.255 e. The van der Waals surface area contributed by atoms with Crippen LogP contribution in [0.3, 0.4) is 0 Å². The van der Waals surface area contributed by atoms with Gasteiger partial charge in [0.1, 0.15) is 11.6 Å². The second-order valence-corrected chi connectivity index (χ2v) is 9.87. The van der Waals surface area contributed by atoms with Crippen molar-refractivity contribution in [3.05, 3.63) is 87.7 Å². The molecular weight excluding hydrogens is 474 g/mol. The van der Waals surface area contributed by atoms with Crippen LogP contribution in [0, 0.1) is 18.6 Å². The van der Waals surface area contributed by atoms with Crippen LogP contribution in [0.15, 0.2) is 42.5 Å². The molecule has 8 heteroatoms. The van der Waals surface area contributed by atoms with Gasteiger partial charge in [0.15, 0.2) is 0 Å². The first-order chi connectivity index (χ1) is 17.8. The van der Waals surface area contributed by atoms with Gasteiger partial charge in [-0.25, -0.2) is 8.78 Å². The molecule has 0 unspecified atom stereocenters. The third kappa shape index (κ3) is 7.02. The highest BCUT2D eigenvalue weighted by molar-refractivity contribution is 5.96. The Kier molecular flexibility index (Phi) is 9.05. The third-order valence-electron chi connectivity index (χ3n) is 6.98. The van der Waals surface area contributed by atoms with Gasteiger partial charge in [0.05, 0.1) is 29.1 Å². The summed E-state index contributed by atoms with van der Waals surface area (Å²) in [5.74, 6) is -1.71. The van der Waals surface area contributed by atoms with Gasteiger partial charge in [0.2, 0.25) is 0 Å². The van der Waals surface area contributed by atoms with Crippen molar-refractivity contribution in [1.29, 1.82) is 0 Å². The van der Waals surface area contributed by atoms with Crippen molar-refractivity contribution < 1.29 is 18.7 Å². The second-order valence-electron chi connectivity index (χ2n) is 9.87. The Labute approximate surface area is 217 Å². The number of nitrogens with zero attached hydrogens (tertiary/aromatic N) is 2. The summed E-state index contributed by atoms with van der Waals surface area (Å²) in [4.78, 5) is 13.5. The van der Waals surface area contributed by atoms with Crippen LogP contribution in [0.2, 0.25) is 0 Å². The van der Waals surface area contributed by atoms with Gasteiger partial charge in [-0.3, -0.25) is 9.48 Å². The number of hydrogen-bond donors (Lipinski definition) is 3. The Morgan fingerprint density at radius 2 is 1.84 bits per heavy atom. The van der Waals surface area contributed by atoms with Crippen molar-refractivity contribution in [1.82, 2.24) is 20.4 Å². The number of carbonyl (C=O) groups is 1. The largest absolute Gasteiger partial charge is 0.390 e. The summed E-state index contributed by atoms with van der Waals surface area (Å²) in [6.07, 6.45) is 3.90. The van der Waals surface area contributed by atoms with Crippen molar-refractivity contribution in [2.75, 3.05) is 6.54 Å². The van der Waals surface area contributed by atoms with E-state index in [0.29, 0.717) is 23.4 Å². The van der Waals surface area contributed by atoms with Crippen molar-refractivity contribution in [2.24, 2.45) is 0 Å². The molecule has 1 aromatic heterocycles. The van der Waals surface area contributed by atoms with Gasteiger partial charge < -0.3 is 15.7 Å². The first-order valence-corrected chi connectivity index (χ1v) is 13.1. The monoisotopic (exact) mass is 510 g/mol. The first kappa shape index (κ1) is 26.9. The molecule has 1 aliphatic rings. The van der Waals surface area contributed by atoms with Crippen molar-refractivity contribution in [2.45, 2.75) is 77.6 Å². The highest BCUT2D eigenvalue weighted by Crippen LogP contribution is 2.22. The van der Waals surface area contributed by atoms with E-state index in [1.54, 1.807) is 0 Å². The molecular formula is C29H36F2N4O2. The normalized spacial score (nSPS) is 15.1. The standard InChI is InChI=1S/C29H36F2N4O2/c1-3-20-8-7-9-21(12-20)17-32-18-27(36)25(15-22-13-23(30)16-24(31)14-22)33-29(37)28-19(2)34-35-11-6-4-5-10-26(28)35/h7-9,12-14,16,25,27,32,36H,3-6,10-11,15,17-18H2,1-2H3,(H,33,37)/t25-,27-/m0/s1. The summed E-state index contributed by atoms with van der Waals surface area (Å²) >= 11 is 0. The van der Waals surface area contributed by atoms with Crippen LogP contribution in [0.5, 0.6) is 0 Å². The maximum absolute atomic E-state index is 13.9.